The van der Waals surface area contributed by atoms with Crippen LogP contribution < -0.4 is 0 Å². The smallest absolute Gasteiger partial charge is 0.262 e. The minimum absolute atomic E-state index is 0.0803. The molecule has 29 heavy (non-hydrogen) atoms. The summed E-state index contributed by atoms with van der Waals surface area (Å²) in [6, 6.07) is 18.6. The normalized spacial score (nSPS) is 23.0. The Kier molecular flexibility index (Phi) is 4.21. The van der Waals surface area contributed by atoms with Gasteiger partial charge in [0, 0.05) is 25.2 Å². The predicted octanol–water partition coefficient (Wildman–Crippen LogP) is 3.35. The van der Waals surface area contributed by atoms with Crippen molar-refractivity contribution < 1.29 is 14.3 Å². The fraction of sp³-hybridized carbons (Fsp3) is 0.217. The molecule has 5 rings (SSSR count). The first kappa shape index (κ1) is 17.7. The molecule has 144 valence electrons. The highest BCUT2D eigenvalue weighted by Gasteiger charge is 2.59. The van der Waals surface area contributed by atoms with Gasteiger partial charge in [0.15, 0.2) is 5.82 Å². The van der Waals surface area contributed by atoms with Crippen LogP contribution in [-0.4, -0.2) is 32.8 Å². The van der Waals surface area contributed by atoms with Crippen molar-refractivity contribution >= 4 is 11.8 Å². The van der Waals surface area contributed by atoms with Gasteiger partial charge in [-0.15, -0.1) is 0 Å². The van der Waals surface area contributed by atoms with Gasteiger partial charge in [0.05, 0.1) is 23.8 Å². The predicted molar refractivity (Wildman–Crippen MR) is 105 cm³/mol. The lowest BCUT2D eigenvalue weighted by molar-refractivity contribution is -0.0979. The van der Waals surface area contributed by atoms with Crippen molar-refractivity contribution in [3.8, 4) is 0 Å². The second-order valence-electron chi connectivity index (χ2n) is 7.42. The van der Waals surface area contributed by atoms with E-state index in [0.29, 0.717) is 36.4 Å². The first-order valence-electron chi connectivity index (χ1n) is 9.60. The molecule has 1 saturated carbocycles. The standard InChI is InChI=1S/C23H19N3O3/c27-20-18-9-4-5-10-19(18)21(28)26(20)23(22-24-11-6-12-25-22)13-17(14-23)29-15-16-7-2-1-3-8-16/h1-12,17H,13-15H2. The molecular formula is C23H19N3O3. The van der Waals surface area contributed by atoms with E-state index >= 15 is 0 Å². The van der Waals surface area contributed by atoms with Crippen LogP contribution in [0.1, 0.15) is 44.9 Å². The van der Waals surface area contributed by atoms with Crippen molar-refractivity contribution in [1.29, 1.82) is 0 Å². The number of imide groups is 1. The lowest BCUT2D eigenvalue weighted by atomic mass is 9.71. The van der Waals surface area contributed by atoms with Crippen LogP contribution in [0.2, 0.25) is 0 Å². The molecule has 1 aliphatic heterocycles. The van der Waals surface area contributed by atoms with E-state index in [1.54, 1.807) is 42.7 Å². The lowest BCUT2D eigenvalue weighted by Gasteiger charge is -2.50. The summed E-state index contributed by atoms with van der Waals surface area (Å²) >= 11 is 0. The summed E-state index contributed by atoms with van der Waals surface area (Å²) in [5.74, 6) is -0.104. The molecule has 0 bridgehead atoms. The average Bonchev–Trinajstić information content (AvgIpc) is 3.00. The van der Waals surface area contributed by atoms with Gasteiger partial charge in [-0.25, -0.2) is 9.97 Å². The van der Waals surface area contributed by atoms with Gasteiger partial charge in [-0.05, 0) is 23.8 Å². The molecular weight excluding hydrogens is 366 g/mol. The lowest BCUT2D eigenvalue weighted by Crippen LogP contribution is -2.60. The van der Waals surface area contributed by atoms with Crippen molar-refractivity contribution in [2.45, 2.75) is 31.1 Å². The molecule has 6 heteroatoms. The summed E-state index contributed by atoms with van der Waals surface area (Å²) in [6.45, 7) is 0.485. The Morgan fingerprint density at radius 3 is 2.07 bits per heavy atom. The molecule has 1 aliphatic carbocycles. The fourth-order valence-electron chi connectivity index (χ4n) is 4.18. The van der Waals surface area contributed by atoms with Crippen LogP contribution in [0.4, 0.5) is 0 Å². The molecule has 0 saturated heterocycles. The van der Waals surface area contributed by atoms with E-state index in [0.717, 1.165) is 5.56 Å². The minimum Gasteiger partial charge on any atom is -0.373 e. The number of benzene rings is 2. The second-order valence-corrected chi connectivity index (χ2v) is 7.42. The number of fused-ring (bicyclic) bond motifs is 1. The topological polar surface area (TPSA) is 72.4 Å². The molecule has 6 nitrogen and oxygen atoms in total. The van der Waals surface area contributed by atoms with Gasteiger partial charge in [-0.1, -0.05) is 42.5 Å². The van der Waals surface area contributed by atoms with Crippen molar-refractivity contribution in [1.82, 2.24) is 14.9 Å². The van der Waals surface area contributed by atoms with Crippen molar-refractivity contribution in [3.05, 3.63) is 95.6 Å². The van der Waals surface area contributed by atoms with Crippen LogP contribution in [0.5, 0.6) is 0 Å². The van der Waals surface area contributed by atoms with E-state index in [1.165, 1.54) is 4.90 Å². The summed E-state index contributed by atoms with van der Waals surface area (Å²) in [4.78, 5) is 36.4. The Balaban J connectivity index is 1.43. The van der Waals surface area contributed by atoms with Crippen LogP contribution in [0.3, 0.4) is 0 Å². The van der Waals surface area contributed by atoms with E-state index in [1.807, 2.05) is 30.3 Å². The maximum absolute atomic E-state index is 13.1. The van der Waals surface area contributed by atoms with Gasteiger partial charge >= 0.3 is 0 Å². The van der Waals surface area contributed by atoms with Gasteiger partial charge in [-0.3, -0.25) is 14.5 Å². The van der Waals surface area contributed by atoms with Crippen LogP contribution in [-0.2, 0) is 16.9 Å². The molecule has 1 aromatic heterocycles. The average molecular weight is 385 g/mol. The van der Waals surface area contributed by atoms with Crippen LogP contribution in [0.25, 0.3) is 0 Å². The van der Waals surface area contributed by atoms with Gasteiger partial charge in [0.25, 0.3) is 11.8 Å². The number of rotatable bonds is 5. The third kappa shape index (κ3) is 2.84. The van der Waals surface area contributed by atoms with Crippen LogP contribution >= 0.6 is 0 Å². The largest absolute Gasteiger partial charge is 0.373 e. The number of nitrogens with zero attached hydrogens (tertiary/aromatic N) is 3. The molecule has 0 atom stereocenters. The molecule has 0 spiro atoms. The molecule has 2 aliphatic rings. The van der Waals surface area contributed by atoms with Crippen molar-refractivity contribution in [2.24, 2.45) is 0 Å². The van der Waals surface area contributed by atoms with Crippen molar-refractivity contribution in [2.75, 3.05) is 0 Å². The third-order valence-electron chi connectivity index (χ3n) is 5.66. The number of carbonyl (C=O) groups excluding carboxylic acids is 2. The molecule has 2 aromatic carbocycles. The number of aromatic nitrogens is 2. The Morgan fingerprint density at radius 1 is 0.862 bits per heavy atom. The van der Waals surface area contributed by atoms with E-state index in [2.05, 4.69) is 9.97 Å². The van der Waals surface area contributed by atoms with Gasteiger partial charge in [0.2, 0.25) is 0 Å². The Bertz CT molecular complexity index is 1030. The summed E-state index contributed by atoms with van der Waals surface area (Å²) in [6.07, 6.45) is 4.16. The van der Waals surface area contributed by atoms with E-state index in [4.69, 9.17) is 4.74 Å². The number of hydrogen-bond acceptors (Lipinski definition) is 5. The summed E-state index contributed by atoms with van der Waals surface area (Å²) < 4.78 is 6.04. The molecule has 1 fully saturated rings. The molecule has 0 unspecified atom stereocenters. The SMILES string of the molecule is O=C1c2ccccc2C(=O)N1C1(c2ncccn2)CC(OCc2ccccc2)C1. The molecule has 0 radical (unpaired) electrons. The molecule has 2 heterocycles. The van der Waals surface area contributed by atoms with Crippen molar-refractivity contribution in [3.63, 3.8) is 0 Å². The van der Waals surface area contributed by atoms with Gasteiger partial charge < -0.3 is 4.74 Å². The first-order chi connectivity index (χ1) is 14.2. The van der Waals surface area contributed by atoms with Gasteiger partial charge in [0.1, 0.15) is 5.54 Å². The monoisotopic (exact) mass is 385 g/mol. The van der Waals surface area contributed by atoms with Crippen LogP contribution in [0.15, 0.2) is 73.1 Å². The van der Waals surface area contributed by atoms with Gasteiger partial charge in [-0.2, -0.15) is 0 Å². The van der Waals surface area contributed by atoms with E-state index in [-0.39, 0.29) is 17.9 Å². The number of amides is 2. The second kappa shape index (κ2) is 6.90. The Labute approximate surface area is 168 Å². The number of carbonyl (C=O) groups is 2. The first-order valence-corrected chi connectivity index (χ1v) is 9.60. The minimum atomic E-state index is -0.879. The highest BCUT2D eigenvalue weighted by Crippen LogP contribution is 2.49. The molecule has 2 amide bonds. The zero-order valence-corrected chi connectivity index (χ0v) is 15.7. The number of hydrogen-bond donors (Lipinski definition) is 0. The van der Waals surface area contributed by atoms with E-state index < -0.39 is 5.54 Å². The maximum atomic E-state index is 13.1. The third-order valence-corrected chi connectivity index (χ3v) is 5.66. The zero-order chi connectivity index (χ0) is 19.8. The summed E-state index contributed by atoms with van der Waals surface area (Å²) in [5, 5.41) is 0. The Morgan fingerprint density at radius 2 is 1.45 bits per heavy atom. The summed E-state index contributed by atoms with van der Waals surface area (Å²) in [5.41, 5.74) is 1.07. The fourth-order valence-corrected chi connectivity index (χ4v) is 4.18. The maximum Gasteiger partial charge on any atom is 0.262 e. The quantitative estimate of drug-likeness (QED) is 0.630. The molecule has 3 aromatic rings. The molecule has 0 N–H and O–H groups in total. The van der Waals surface area contributed by atoms with Crippen LogP contribution in [0, 0.1) is 0 Å². The Hall–Kier alpha value is -3.38. The summed E-state index contributed by atoms with van der Waals surface area (Å²) in [7, 11) is 0. The highest BCUT2D eigenvalue weighted by molar-refractivity contribution is 6.21. The number of ether oxygens (including phenoxy) is 1. The highest BCUT2D eigenvalue weighted by atomic mass is 16.5. The zero-order valence-electron chi connectivity index (χ0n) is 15.7. The van der Waals surface area contributed by atoms with E-state index in [9.17, 15) is 9.59 Å².